The maximum atomic E-state index is 12.5. The van der Waals surface area contributed by atoms with Crippen molar-refractivity contribution in [3.63, 3.8) is 0 Å². The van der Waals surface area contributed by atoms with Crippen LogP contribution in [0, 0.1) is 12.8 Å². The Bertz CT molecular complexity index is 880. The summed E-state index contributed by atoms with van der Waals surface area (Å²) in [5.74, 6) is -1.25. The van der Waals surface area contributed by atoms with Gasteiger partial charge in [-0.15, -0.1) is 0 Å². The van der Waals surface area contributed by atoms with Crippen molar-refractivity contribution in [1.82, 2.24) is 0 Å². The molecular weight excluding hydrogens is 398 g/mol. The van der Waals surface area contributed by atoms with Crippen molar-refractivity contribution in [1.29, 1.82) is 0 Å². The normalized spacial score (nSPS) is 16.6. The van der Waals surface area contributed by atoms with E-state index < -0.39 is 11.8 Å². The van der Waals surface area contributed by atoms with Gasteiger partial charge in [-0.25, -0.2) is 0 Å². The van der Waals surface area contributed by atoms with Crippen LogP contribution >= 0.6 is 15.9 Å². The van der Waals surface area contributed by atoms with Crippen LogP contribution in [0.15, 0.2) is 46.9 Å². The van der Waals surface area contributed by atoms with Crippen LogP contribution < -0.4 is 16.0 Å². The molecule has 26 heavy (non-hydrogen) atoms. The first-order valence-corrected chi connectivity index (χ1v) is 8.91. The molecule has 1 unspecified atom stereocenters. The maximum absolute atomic E-state index is 12.5. The summed E-state index contributed by atoms with van der Waals surface area (Å²) in [7, 11) is 0. The highest BCUT2D eigenvalue weighted by Crippen LogP contribution is 2.29. The van der Waals surface area contributed by atoms with E-state index in [0.717, 1.165) is 15.7 Å². The predicted molar refractivity (Wildman–Crippen MR) is 103 cm³/mol. The van der Waals surface area contributed by atoms with Crippen molar-refractivity contribution in [3.05, 3.63) is 58.1 Å². The van der Waals surface area contributed by atoms with Gasteiger partial charge in [0.2, 0.25) is 17.7 Å². The summed E-state index contributed by atoms with van der Waals surface area (Å²) in [6.07, 6.45) is 0.167. The number of aryl methyl sites for hydroxylation is 1. The van der Waals surface area contributed by atoms with E-state index in [1.807, 2.05) is 25.1 Å². The smallest absolute Gasteiger partial charge is 0.248 e. The number of carbonyl (C=O) groups is 3. The average Bonchev–Trinajstić information content (AvgIpc) is 3.00. The zero-order valence-electron chi connectivity index (χ0n) is 14.2. The molecule has 0 saturated carbocycles. The van der Waals surface area contributed by atoms with E-state index in [2.05, 4.69) is 21.2 Å². The van der Waals surface area contributed by atoms with Crippen LogP contribution in [0.2, 0.25) is 0 Å². The molecule has 1 aliphatic heterocycles. The number of halogens is 1. The fraction of sp³-hybridized carbons (Fsp3) is 0.211. The molecule has 2 aromatic rings. The van der Waals surface area contributed by atoms with E-state index >= 15 is 0 Å². The van der Waals surface area contributed by atoms with Crippen LogP contribution in [0.5, 0.6) is 0 Å². The third-order valence-electron chi connectivity index (χ3n) is 4.39. The Labute approximate surface area is 159 Å². The van der Waals surface area contributed by atoms with Crippen LogP contribution in [0.1, 0.15) is 22.3 Å². The van der Waals surface area contributed by atoms with Crippen molar-refractivity contribution >= 4 is 45.0 Å². The summed E-state index contributed by atoms with van der Waals surface area (Å²) >= 11 is 3.44. The second kappa shape index (κ2) is 7.29. The second-order valence-electron chi connectivity index (χ2n) is 6.27. The molecule has 0 aromatic heterocycles. The van der Waals surface area contributed by atoms with E-state index in [9.17, 15) is 14.4 Å². The Morgan fingerprint density at radius 3 is 2.50 bits per heavy atom. The summed E-state index contributed by atoms with van der Waals surface area (Å²) in [6.45, 7) is 2.29. The van der Waals surface area contributed by atoms with Gasteiger partial charge in [0.25, 0.3) is 0 Å². The van der Waals surface area contributed by atoms with Crippen molar-refractivity contribution in [2.24, 2.45) is 11.7 Å². The highest BCUT2D eigenvalue weighted by Gasteiger charge is 2.35. The van der Waals surface area contributed by atoms with Gasteiger partial charge in [-0.3, -0.25) is 14.4 Å². The lowest BCUT2D eigenvalue weighted by molar-refractivity contribution is -0.122. The zero-order chi connectivity index (χ0) is 18.8. The van der Waals surface area contributed by atoms with Crippen LogP contribution in [0.4, 0.5) is 11.4 Å². The van der Waals surface area contributed by atoms with Gasteiger partial charge < -0.3 is 16.0 Å². The van der Waals surface area contributed by atoms with Crippen molar-refractivity contribution in [2.75, 3.05) is 16.8 Å². The molecule has 0 radical (unpaired) electrons. The molecule has 134 valence electrons. The van der Waals surface area contributed by atoms with E-state index in [-0.39, 0.29) is 18.2 Å². The fourth-order valence-electron chi connectivity index (χ4n) is 2.89. The van der Waals surface area contributed by atoms with E-state index in [4.69, 9.17) is 5.73 Å². The second-order valence-corrected chi connectivity index (χ2v) is 7.12. The Kier molecular flexibility index (Phi) is 5.08. The number of nitrogens with zero attached hydrogens (tertiary/aromatic N) is 1. The first kappa shape index (κ1) is 18.1. The highest BCUT2D eigenvalue weighted by molar-refractivity contribution is 9.10. The number of anilines is 2. The number of benzene rings is 2. The summed E-state index contributed by atoms with van der Waals surface area (Å²) < 4.78 is 0.974. The van der Waals surface area contributed by atoms with Crippen molar-refractivity contribution < 1.29 is 14.4 Å². The number of hydrogen-bond acceptors (Lipinski definition) is 3. The molecule has 0 aliphatic carbocycles. The molecule has 3 amide bonds. The Morgan fingerprint density at radius 2 is 1.88 bits per heavy atom. The number of rotatable bonds is 4. The minimum atomic E-state index is -0.523. The number of hydrogen-bond donors (Lipinski definition) is 2. The monoisotopic (exact) mass is 415 g/mol. The van der Waals surface area contributed by atoms with E-state index in [1.165, 1.54) is 0 Å². The number of carbonyl (C=O) groups excluding carboxylic acids is 3. The van der Waals surface area contributed by atoms with Crippen molar-refractivity contribution in [2.45, 2.75) is 13.3 Å². The maximum Gasteiger partial charge on any atom is 0.248 e. The van der Waals surface area contributed by atoms with E-state index in [0.29, 0.717) is 17.8 Å². The van der Waals surface area contributed by atoms with Gasteiger partial charge in [0.1, 0.15) is 0 Å². The third-order valence-corrected chi connectivity index (χ3v) is 5.28. The quantitative estimate of drug-likeness (QED) is 0.803. The minimum Gasteiger partial charge on any atom is -0.366 e. The summed E-state index contributed by atoms with van der Waals surface area (Å²) in [6, 6.07) is 12.0. The predicted octanol–water partition coefficient (Wildman–Crippen LogP) is 2.85. The molecule has 7 heteroatoms. The minimum absolute atomic E-state index is 0.0732. The number of amides is 3. The number of nitrogens with one attached hydrogen (secondary N) is 1. The molecule has 1 atom stereocenters. The molecule has 3 N–H and O–H groups in total. The number of nitrogens with two attached hydrogens (primary N) is 1. The first-order valence-electron chi connectivity index (χ1n) is 8.12. The van der Waals surface area contributed by atoms with Gasteiger partial charge in [-0.2, -0.15) is 0 Å². The fourth-order valence-corrected chi connectivity index (χ4v) is 3.14. The molecule has 6 nitrogen and oxygen atoms in total. The SMILES string of the molecule is Cc1cc(N2CC(C(=O)Nc3ccc(C(N)=O)cc3)CC2=O)ccc1Br. The molecule has 3 rings (SSSR count). The lowest BCUT2D eigenvalue weighted by Crippen LogP contribution is -2.28. The van der Waals surface area contributed by atoms with Gasteiger partial charge in [-0.1, -0.05) is 15.9 Å². The molecule has 1 heterocycles. The van der Waals surface area contributed by atoms with Gasteiger partial charge in [0, 0.05) is 34.4 Å². The van der Waals surface area contributed by atoms with Gasteiger partial charge in [0.15, 0.2) is 0 Å². The summed E-state index contributed by atoms with van der Waals surface area (Å²) in [4.78, 5) is 37.6. The van der Waals surface area contributed by atoms with Gasteiger partial charge >= 0.3 is 0 Å². The number of primary amides is 1. The molecular formula is C19H18BrN3O3. The van der Waals surface area contributed by atoms with Gasteiger partial charge in [0.05, 0.1) is 5.92 Å². The lowest BCUT2D eigenvalue weighted by Gasteiger charge is -2.17. The molecule has 0 bridgehead atoms. The molecule has 0 spiro atoms. The zero-order valence-corrected chi connectivity index (χ0v) is 15.7. The van der Waals surface area contributed by atoms with E-state index in [1.54, 1.807) is 29.2 Å². The largest absolute Gasteiger partial charge is 0.366 e. The lowest BCUT2D eigenvalue weighted by atomic mass is 10.1. The third kappa shape index (κ3) is 3.77. The Morgan fingerprint density at radius 1 is 1.19 bits per heavy atom. The summed E-state index contributed by atoms with van der Waals surface area (Å²) in [5, 5.41) is 2.79. The molecule has 2 aromatic carbocycles. The van der Waals surface area contributed by atoms with Gasteiger partial charge in [-0.05, 0) is 55.0 Å². The topological polar surface area (TPSA) is 92.5 Å². The summed E-state index contributed by atoms with van der Waals surface area (Å²) in [5.41, 5.74) is 7.94. The molecule has 1 saturated heterocycles. The first-order chi connectivity index (χ1) is 12.3. The highest BCUT2D eigenvalue weighted by atomic mass is 79.9. The van der Waals surface area contributed by atoms with Crippen LogP contribution in [-0.2, 0) is 9.59 Å². The molecule has 1 aliphatic rings. The van der Waals surface area contributed by atoms with Crippen LogP contribution in [0.25, 0.3) is 0 Å². The Balaban J connectivity index is 1.68. The standard InChI is InChI=1S/C19H18BrN3O3/c1-11-8-15(6-7-16(11)20)23-10-13(9-17(23)24)19(26)22-14-4-2-12(3-5-14)18(21)25/h2-8,13H,9-10H2,1H3,(H2,21,25)(H,22,26). The Hall–Kier alpha value is -2.67. The van der Waals surface area contributed by atoms with Crippen LogP contribution in [-0.4, -0.2) is 24.3 Å². The molecule has 1 fully saturated rings. The van der Waals surface area contributed by atoms with Crippen LogP contribution in [0.3, 0.4) is 0 Å². The van der Waals surface area contributed by atoms with Crippen molar-refractivity contribution in [3.8, 4) is 0 Å². The average molecular weight is 416 g/mol.